The van der Waals surface area contributed by atoms with Gasteiger partial charge in [0.25, 0.3) is 0 Å². The van der Waals surface area contributed by atoms with Crippen molar-refractivity contribution in [2.24, 2.45) is 0 Å². The Balaban J connectivity index is 2.36. The van der Waals surface area contributed by atoms with Gasteiger partial charge in [0, 0.05) is 0 Å². The Morgan fingerprint density at radius 3 is 2.27 bits per heavy atom. The molecule has 0 nitrogen and oxygen atoms in total. The van der Waals surface area contributed by atoms with Crippen LogP contribution >= 0.6 is 11.3 Å². The van der Waals surface area contributed by atoms with E-state index in [1.54, 1.807) is 11.3 Å². The van der Waals surface area contributed by atoms with Gasteiger partial charge in [0.1, 0.15) is 0 Å². The van der Waals surface area contributed by atoms with Crippen molar-refractivity contribution < 1.29 is 0 Å². The van der Waals surface area contributed by atoms with Crippen molar-refractivity contribution in [3.63, 3.8) is 0 Å². The van der Waals surface area contributed by atoms with E-state index in [9.17, 15) is 0 Å². The fourth-order valence-electron chi connectivity index (χ4n) is 2.09. The molecule has 2 rings (SSSR count). The Morgan fingerprint density at radius 2 is 1.73 bits per heavy atom. The molecule has 0 aliphatic carbocycles. The van der Waals surface area contributed by atoms with Gasteiger partial charge in [0.2, 0.25) is 0 Å². The van der Waals surface area contributed by atoms with Crippen molar-refractivity contribution in [2.45, 2.75) is 27.2 Å². The fraction of sp³-hybridized carbons (Fsp3) is 0.286. The summed E-state index contributed by atoms with van der Waals surface area (Å²) in [5.41, 5.74) is 7.10. The average molecular weight is 216 g/mol. The molecule has 1 heterocycles. The second-order valence-corrected chi connectivity index (χ2v) is 4.97. The molecule has 2 aromatic rings. The van der Waals surface area contributed by atoms with Crippen LogP contribution in [-0.2, 0) is 6.42 Å². The molecule has 1 aromatic heterocycles. The van der Waals surface area contributed by atoms with Gasteiger partial charge in [-0.25, -0.2) is 0 Å². The molecule has 0 radical (unpaired) electrons. The topological polar surface area (TPSA) is 0 Å². The van der Waals surface area contributed by atoms with Crippen LogP contribution in [-0.4, -0.2) is 0 Å². The molecule has 1 heteroatoms. The summed E-state index contributed by atoms with van der Waals surface area (Å²) in [5, 5.41) is 4.38. The van der Waals surface area contributed by atoms with E-state index >= 15 is 0 Å². The van der Waals surface area contributed by atoms with Crippen LogP contribution < -0.4 is 0 Å². The molecule has 1 aromatic carbocycles. The van der Waals surface area contributed by atoms with Crippen LogP contribution in [0.2, 0.25) is 0 Å². The number of benzene rings is 1. The Hall–Kier alpha value is -1.08. The zero-order valence-electron chi connectivity index (χ0n) is 9.50. The normalized spacial score (nSPS) is 10.6. The maximum atomic E-state index is 2.27. The maximum Gasteiger partial charge on any atom is -0.00123 e. The lowest BCUT2D eigenvalue weighted by atomic mass is 9.95. The number of aryl methyl sites for hydroxylation is 3. The van der Waals surface area contributed by atoms with Gasteiger partial charge in [0.05, 0.1) is 0 Å². The minimum Gasteiger partial charge on any atom is -0.152 e. The van der Waals surface area contributed by atoms with E-state index in [0.29, 0.717) is 0 Å². The molecule has 0 amide bonds. The van der Waals surface area contributed by atoms with Crippen molar-refractivity contribution in [2.75, 3.05) is 0 Å². The first kappa shape index (κ1) is 10.4. The molecule has 15 heavy (non-hydrogen) atoms. The highest BCUT2D eigenvalue weighted by molar-refractivity contribution is 7.07. The smallest absolute Gasteiger partial charge is 0.00123 e. The lowest BCUT2D eigenvalue weighted by Gasteiger charge is -2.10. The lowest BCUT2D eigenvalue weighted by molar-refractivity contribution is 1.12. The largest absolute Gasteiger partial charge is 0.152 e. The Bertz CT molecular complexity index is 429. The third-order valence-electron chi connectivity index (χ3n) is 2.80. The second kappa shape index (κ2) is 4.19. The summed E-state index contributed by atoms with van der Waals surface area (Å²) in [6.45, 7) is 6.58. The van der Waals surface area contributed by atoms with E-state index < -0.39 is 0 Å². The molecule has 0 fully saturated rings. The van der Waals surface area contributed by atoms with Gasteiger partial charge in [-0.1, -0.05) is 17.7 Å². The zero-order chi connectivity index (χ0) is 10.8. The first-order chi connectivity index (χ1) is 7.16. The van der Waals surface area contributed by atoms with Gasteiger partial charge >= 0.3 is 0 Å². The Labute approximate surface area is 95.6 Å². The Morgan fingerprint density at radius 1 is 1.07 bits per heavy atom. The van der Waals surface area contributed by atoms with Crippen LogP contribution in [0.5, 0.6) is 0 Å². The number of rotatable bonds is 2. The first-order valence-corrected chi connectivity index (χ1v) is 6.19. The molecule has 0 saturated heterocycles. The van der Waals surface area contributed by atoms with E-state index in [0.717, 1.165) is 6.42 Å². The summed E-state index contributed by atoms with van der Waals surface area (Å²) < 4.78 is 0. The second-order valence-electron chi connectivity index (χ2n) is 4.19. The molecule has 0 aliphatic rings. The van der Waals surface area contributed by atoms with Crippen molar-refractivity contribution in [3.05, 3.63) is 56.8 Å². The van der Waals surface area contributed by atoms with Crippen molar-refractivity contribution in [3.8, 4) is 0 Å². The van der Waals surface area contributed by atoms with Gasteiger partial charge in [-0.2, -0.15) is 11.3 Å². The lowest BCUT2D eigenvalue weighted by Crippen LogP contribution is -1.95. The summed E-state index contributed by atoms with van der Waals surface area (Å²) >= 11 is 1.77. The van der Waals surface area contributed by atoms with Crippen LogP contribution in [0.4, 0.5) is 0 Å². The highest BCUT2D eigenvalue weighted by Gasteiger charge is 2.04. The molecule has 78 valence electrons. The van der Waals surface area contributed by atoms with Crippen LogP contribution in [0.1, 0.15) is 27.8 Å². The number of hydrogen-bond acceptors (Lipinski definition) is 1. The predicted octanol–water partition coefficient (Wildman–Crippen LogP) is 4.26. The van der Waals surface area contributed by atoms with E-state index in [4.69, 9.17) is 0 Å². The van der Waals surface area contributed by atoms with E-state index in [1.165, 1.54) is 27.8 Å². The van der Waals surface area contributed by atoms with E-state index in [2.05, 4.69) is 49.7 Å². The third kappa shape index (κ3) is 2.29. The predicted molar refractivity (Wildman–Crippen MR) is 67.8 cm³/mol. The standard InChI is InChI=1S/C14H16S/c1-10-6-11(2)14(12(3)7-10)8-13-4-5-15-9-13/h4-7,9H,8H2,1-3H3. The van der Waals surface area contributed by atoms with Gasteiger partial charge in [-0.3, -0.25) is 0 Å². The molecular weight excluding hydrogens is 200 g/mol. The van der Waals surface area contributed by atoms with Crippen molar-refractivity contribution in [1.29, 1.82) is 0 Å². The molecule has 0 bridgehead atoms. The van der Waals surface area contributed by atoms with Crippen LogP contribution in [0.3, 0.4) is 0 Å². The van der Waals surface area contributed by atoms with Crippen molar-refractivity contribution >= 4 is 11.3 Å². The van der Waals surface area contributed by atoms with Gasteiger partial charge in [-0.15, -0.1) is 0 Å². The molecule has 0 atom stereocenters. The molecule has 0 N–H and O–H groups in total. The summed E-state index contributed by atoms with van der Waals surface area (Å²) in [4.78, 5) is 0. The molecule has 0 aliphatic heterocycles. The van der Waals surface area contributed by atoms with Crippen molar-refractivity contribution in [1.82, 2.24) is 0 Å². The molecule has 0 unspecified atom stereocenters. The minimum atomic E-state index is 1.07. The monoisotopic (exact) mass is 216 g/mol. The first-order valence-electron chi connectivity index (χ1n) is 5.24. The van der Waals surface area contributed by atoms with Crippen LogP contribution in [0.25, 0.3) is 0 Å². The minimum absolute atomic E-state index is 1.07. The maximum absolute atomic E-state index is 2.27. The molecule has 0 spiro atoms. The Kier molecular flexibility index (Phi) is 2.92. The molecule has 0 saturated carbocycles. The summed E-state index contributed by atoms with van der Waals surface area (Å²) in [6.07, 6.45) is 1.07. The SMILES string of the molecule is Cc1cc(C)c(Cc2ccsc2)c(C)c1. The fourth-order valence-corrected chi connectivity index (χ4v) is 2.75. The molecular formula is C14H16S. The van der Waals surface area contributed by atoms with Gasteiger partial charge < -0.3 is 0 Å². The number of hydrogen-bond donors (Lipinski definition) is 0. The summed E-state index contributed by atoms with van der Waals surface area (Å²) in [5.74, 6) is 0. The van der Waals surface area contributed by atoms with Crippen LogP contribution in [0.15, 0.2) is 29.0 Å². The van der Waals surface area contributed by atoms with E-state index in [-0.39, 0.29) is 0 Å². The summed E-state index contributed by atoms with van der Waals surface area (Å²) in [6, 6.07) is 6.76. The van der Waals surface area contributed by atoms with Crippen LogP contribution in [0, 0.1) is 20.8 Å². The highest BCUT2D eigenvalue weighted by Crippen LogP contribution is 2.21. The highest BCUT2D eigenvalue weighted by atomic mass is 32.1. The van der Waals surface area contributed by atoms with E-state index in [1.807, 2.05) is 0 Å². The van der Waals surface area contributed by atoms with Gasteiger partial charge in [-0.05, 0) is 66.3 Å². The average Bonchev–Trinajstić information content (AvgIpc) is 2.63. The third-order valence-corrected chi connectivity index (χ3v) is 3.53. The summed E-state index contributed by atoms with van der Waals surface area (Å²) in [7, 11) is 0. The quantitative estimate of drug-likeness (QED) is 0.703. The number of thiophene rings is 1. The van der Waals surface area contributed by atoms with Gasteiger partial charge in [0.15, 0.2) is 0 Å². The zero-order valence-corrected chi connectivity index (χ0v) is 10.3.